The lowest BCUT2D eigenvalue weighted by atomic mass is 10.1. The fourth-order valence-electron chi connectivity index (χ4n) is 1.80. The number of esters is 1. The van der Waals surface area contributed by atoms with Gasteiger partial charge in [0, 0.05) is 18.8 Å². The van der Waals surface area contributed by atoms with Crippen LogP contribution in [0.4, 0.5) is 4.79 Å². The van der Waals surface area contributed by atoms with Crippen molar-refractivity contribution in [3.05, 3.63) is 11.8 Å². The molecule has 1 aliphatic heterocycles. The van der Waals surface area contributed by atoms with Gasteiger partial charge in [-0.1, -0.05) is 0 Å². The molecule has 7 nitrogen and oxygen atoms in total. The third kappa shape index (κ3) is 5.09. The highest BCUT2D eigenvalue weighted by Gasteiger charge is 2.29. The maximum absolute atomic E-state index is 12.1. The zero-order chi connectivity index (χ0) is 16.2. The molecule has 118 valence electrons. The molecule has 1 amide bonds. The molecule has 0 saturated heterocycles. The van der Waals surface area contributed by atoms with E-state index in [0.29, 0.717) is 12.2 Å². The molecule has 1 aliphatic rings. The molecule has 0 radical (unpaired) electrons. The Bertz CT molecular complexity index is 465. The van der Waals surface area contributed by atoms with Crippen LogP contribution in [0.25, 0.3) is 0 Å². The number of ether oxygens (including phenoxy) is 2. The standard InChI is InChI=1S/C14H23N3O4/c1-6-20-12(18)11(15)10-7-16(5)9-17(8-10)13(19)21-14(2,3)4/h7,15H,6,8-9H2,1-5H3. The van der Waals surface area contributed by atoms with E-state index in [1.807, 2.05) is 0 Å². The number of carbonyl (C=O) groups excluding carboxylic acids is 2. The Morgan fingerprint density at radius 3 is 2.52 bits per heavy atom. The van der Waals surface area contributed by atoms with E-state index in [0.717, 1.165) is 0 Å². The van der Waals surface area contributed by atoms with Gasteiger partial charge in [0.1, 0.15) is 11.3 Å². The summed E-state index contributed by atoms with van der Waals surface area (Å²) in [6, 6.07) is 0. The van der Waals surface area contributed by atoms with Crippen molar-refractivity contribution in [1.29, 1.82) is 5.41 Å². The molecule has 21 heavy (non-hydrogen) atoms. The summed E-state index contributed by atoms with van der Waals surface area (Å²) in [6.07, 6.45) is 1.19. The second-order valence-corrected chi connectivity index (χ2v) is 5.83. The molecule has 0 aromatic heterocycles. The number of hydrogen-bond donors (Lipinski definition) is 1. The number of amides is 1. The fourth-order valence-corrected chi connectivity index (χ4v) is 1.80. The molecule has 0 aromatic rings. The van der Waals surface area contributed by atoms with Gasteiger partial charge in [0.15, 0.2) is 0 Å². The van der Waals surface area contributed by atoms with Crippen LogP contribution in [-0.2, 0) is 14.3 Å². The first-order valence-corrected chi connectivity index (χ1v) is 6.79. The first kappa shape index (κ1) is 17.0. The van der Waals surface area contributed by atoms with Gasteiger partial charge in [0.25, 0.3) is 0 Å². The van der Waals surface area contributed by atoms with Gasteiger partial charge >= 0.3 is 12.1 Å². The van der Waals surface area contributed by atoms with Gasteiger partial charge in [-0.25, -0.2) is 9.59 Å². The zero-order valence-electron chi connectivity index (χ0n) is 13.2. The van der Waals surface area contributed by atoms with Crippen LogP contribution in [-0.4, -0.2) is 60.0 Å². The van der Waals surface area contributed by atoms with Gasteiger partial charge in [0.05, 0.1) is 19.8 Å². The Balaban J connectivity index is 2.79. The first-order chi connectivity index (χ1) is 9.64. The summed E-state index contributed by atoms with van der Waals surface area (Å²) in [6.45, 7) is 7.74. The Kier molecular flexibility index (Phi) is 5.34. The van der Waals surface area contributed by atoms with Crippen LogP contribution in [0.3, 0.4) is 0 Å². The van der Waals surface area contributed by atoms with Crippen LogP contribution in [0.15, 0.2) is 11.8 Å². The lowest BCUT2D eigenvalue weighted by Crippen LogP contribution is -2.46. The van der Waals surface area contributed by atoms with Gasteiger partial charge in [0.2, 0.25) is 0 Å². The maximum Gasteiger partial charge on any atom is 0.412 e. The number of nitrogens with one attached hydrogen (secondary N) is 1. The topological polar surface area (TPSA) is 82.9 Å². The first-order valence-electron chi connectivity index (χ1n) is 6.79. The summed E-state index contributed by atoms with van der Waals surface area (Å²) >= 11 is 0. The van der Waals surface area contributed by atoms with Gasteiger partial charge < -0.3 is 14.4 Å². The normalized spacial score (nSPS) is 15.4. The quantitative estimate of drug-likeness (QED) is 0.632. The van der Waals surface area contributed by atoms with E-state index in [1.54, 1.807) is 45.8 Å². The zero-order valence-corrected chi connectivity index (χ0v) is 13.2. The van der Waals surface area contributed by atoms with Crippen molar-refractivity contribution >= 4 is 17.8 Å². The van der Waals surface area contributed by atoms with Crippen LogP contribution in [0.5, 0.6) is 0 Å². The smallest absolute Gasteiger partial charge is 0.412 e. The van der Waals surface area contributed by atoms with E-state index in [4.69, 9.17) is 14.9 Å². The summed E-state index contributed by atoms with van der Waals surface area (Å²) < 4.78 is 10.1. The monoisotopic (exact) mass is 297 g/mol. The minimum absolute atomic E-state index is 0.150. The van der Waals surface area contributed by atoms with Crippen LogP contribution in [0, 0.1) is 5.41 Å². The largest absolute Gasteiger partial charge is 0.461 e. The number of nitrogens with zero attached hydrogens (tertiary/aromatic N) is 2. The minimum Gasteiger partial charge on any atom is -0.461 e. The predicted octanol–water partition coefficient (Wildman–Crippen LogP) is 1.59. The van der Waals surface area contributed by atoms with Gasteiger partial charge in [-0.2, -0.15) is 0 Å². The van der Waals surface area contributed by atoms with Gasteiger partial charge in [-0.15, -0.1) is 0 Å². The molecule has 1 N–H and O–H groups in total. The molecule has 0 unspecified atom stereocenters. The average Bonchev–Trinajstić information content (AvgIpc) is 2.35. The number of hydrogen-bond acceptors (Lipinski definition) is 6. The highest BCUT2D eigenvalue weighted by atomic mass is 16.6. The van der Waals surface area contributed by atoms with Crippen molar-refractivity contribution in [2.75, 3.05) is 26.9 Å². The van der Waals surface area contributed by atoms with Gasteiger partial charge in [-0.05, 0) is 27.7 Å². The highest BCUT2D eigenvalue weighted by Crippen LogP contribution is 2.16. The Hall–Kier alpha value is -2.05. The third-order valence-corrected chi connectivity index (χ3v) is 2.58. The lowest BCUT2D eigenvalue weighted by Gasteiger charge is -2.34. The molecule has 1 rings (SSSR count). The molecule has 1 heterocycles. The van der Waals surface area contributed by atoms with Crippen LogP contribution < -0.4 is 0 Å². The van der Waals surface area contributed by atoms with Crippen LogP contribution >= 0.6 is 0 Å². The Morgan fingerprint density at radius 2 is 2.00 bits per heavy atom. The Labute approximate surface area is 125 Å². The molecule has 0 spiro atoms. The van der Waals surface area contributed by atoms with Crippen molar-refractivity contribution in [1.82, 2.24) is 9.80 Å². The van der Waals surface area contributed by atoms with E-state index in [1.165, 1.54) is 4.90 Å². The summed E-state index contributed by atoms with van der Waals surface area (Å²) in [4.78, 5) is 26.9. The second kappa shape index (κ2) is 6.60. The van der Waals surface area contributed by atoms with Gasteiger partial charge in [-0.3, -0.25) is 10.3 Å². The average molecular weight is 297 g/mol. The van der Waals surface area contributed by atoms with E-state index >= 15 is 0 Å². The molecule has 0 saturated carbocycles. The predicted molar refractivity (Wildman–Crippen MR) is 78.0 cm³/mol. The van der Waals surface area contributed by atoms with E-state index in [9.17, 15) is 9.59 Å². The highest BCUT2D eigenvalue weighted by molar-refractivity contribution is 6.42. The lowest BCUT2D eigenvalue weighted by molar-refractivity contribution is -0.135. The molecular weight excluding hydrogens is 274 g/mol. The molecular formula is C14H23N3O4. The summed E-state index contributed by atoms with van der Waals surface area (Å²) in [7, 11) is 1.76. The summed E-state index contributed by atoms with van der Waals surface area (Å²) in [5, 5.41) is 7.85. The number of carbonyl (C=O) groups is 2. The Morgan fingerprint density at radius 1 is 1.38 bits per heavy atom. The maximum atomic E-state index is 12.1. The molecule has 0 fully saturated rings. The number of rotatable bonds is 3. The van der Waals surface area contributed by atoms with Crippen molar-refractivity contribution < 1.29 is 19.1 Å². The molecule has 0 aromatic carbocycles. The third-order valence-electron chi connectivity index (χ3n) is 2.58. The van der Waals surface area contributed by atoms with Crippen molar-refractivity contribution in [2.45, 2.75) is 33.3 Å². The van der Waals surface area contributed by atoms with E-state index in [-0.39, 0.29) is 18.9 Å². The summed E-state index contributed by atoms with van der Waals surface area (Å²) in [5.41, 5.74) is -0.406. The van der Waals surface area contributed by atoms with E-state index < -0.39 is 17.7 Å². The fraction of sp³-hybridized carbons (Fsp3) is 0.643. The molecule has 0 aliphatic carbocycles. The van der Waals surface area contributed by atoms with E-state index in [2.05, 4.69) is 0 Å². The van der Waals surface area contributed by atoms with Crippen molar-refractivity contribution in [3.63, 3.8) is 0 Å². The minimum atomic E-state index is -0.691. The van der Waals surface area contributed by atoms with Crippen LogP contribution in [0.2, 0.25) is 0 Å². The second-order valence-electron chi connectivity index (χ2n) is 5.83. The molecule has 0 atom stereocenters. The SMILES string of the molecule is CCOC(=O)C(=N)C1=CN(C)CN(C(=O)OC(C)(C)C)C1. The van der Waals surface area contributed by atoms with Crippen LogP contribution in [0.1, 0.15) is 27.7 Å². The van der Waals surface area contributed by atoms with Crippen molar-refractivity contribution in [3.8, 4) is 0 Å². The summed E-state index contributed by atoms with van der Waals surface area (Å²) in [5.74, 6) is -0.691. The molecule has 7 heteroatoms. The van der Waals surface area contributed by atoms with Crippen molar-refractivity contribution in [2.24, 2.45) is 0 Å². The molecule has 0 bridgehead atoms.